The molecular weight excluding hydrogens is 440 g/mol. The predicted molar refractivity (Wildman–Crippen MR) is 129 cm³/mol. The number of rotatable bonds is 6. The van der Waals surface area contributed by atoms with Gasteiger partial charge in [-0.2, -0.15) is 0 Å². The van der Waals surface area contributed by atoms with Crippen LogP contribution in [-0.2, 0) is 6.54 Å². The minimum Gasteiger partial charge on any atom is -0.508 e. The van der Waals surface area contributed by atoms with E-state index in [1.807, 2.05) is 52.4 Å². The number of nitrogens with zero attached hydrogens (tertiary/aromatic N) is 3. The molecule has 2 N–H and O–H groups in total. The topological polar surface area (TPSA) is 83.8 Å². The van der Waals surface area contributed by atoms with Gasteiger partial charge in [-0.25, -0.2) is 0 Å². The van der Waals surface area contributed by atoms with Crippen molar-refractivity contribution in [2.75, 3.05) is 0 Å². The molecule has 32 heavy (non-hydrogen) atoms. The van der Waals surface area contributed by atoms with Crippen molar-refractivity contribution in [3.05, 3.63) is 89.1 Å². The predicted octanol–water partition coefficient (Wildman–Crippen LogP) is 5.56. The average molecular weight is 459 g/mol. The number of phenols is 1. The van der Waals surface area contributed by atoms with Gasteiger partial charge >= 0.3 is 0 Å². The Morgan fingerprint density at radius 2 is 1.97 bits per heavy atom. The van der Waals surface area contributed by atoms with Gasteiger partial charge in [0.25, 0.3) is 5.56 Å². The molecule has 2 aromatic carbocycles. The molecule has 0 aliphatic rings. The van der Waals surface area contributed by atoms with E-state index in [-0.39, 0.29) is 11.3 Å². The van der Waals surface area contributed by atoms with E-state index < -0.39 is 0 Å². The number of aromatic amines is 1. The summed E-state index contributed by atoms with van der Waals surface area (Å²) in [5, 5.41) is 22.3. The van der Waals surface area contributed by atoms with Gasteiger partial charge < -0.3 is 10.1 Å². The third-order valence-electron chi connectivity index (χ3n) is 4.98. The summed E-state index contributed by atoms with van der Waals surface area (Å²) in [5.74, 6) is 0.867. The Kier molecular flexibility index (Phi) is 5.38. The fourth-order valence-corrected chi connectivity index (χ4v) is 5.32. The van der Waals surface area contributed by atoms with Crippen molar-refractivity contribution < 1.29 is 5.11 Å². The van der Waals surface area contributed by atoms with Crippen LogP contribution in [0.2, 0.25) is 0 Å². The van der Waals surface area contributed by atoms with Gasteiger partial charge in [-0.3, -0.25) is 9.36 Å². The van der Waals surface area contributed by atoms with E-state index in [0.717, 1.165) is 27.2 Å². The number of hydrogen-bond acceptors (Lipinski definition) is 6. The number of thiophene rings is 1. The number of hydrogen-bond donors (Lipinski definition) is 2. The molecule has 8 heteroatoms. The van der Waals surface area contributed by atoms with Gasteiger partial charge in [-0.15, -0.1) is 28.1 Å². The maximum Gasteiger partial charge on any atom is 0.263 e. The minimum absolute atomic E-state index is 0.132. The van der Waals surface area contributed by atoms with Gasteiger partial charge in [-0.1, -0.05) is 42.5 Å². The molecule has 0 radical (unpaired) electrons. The summed E-state index contributed by atoms with van der Waals surface area (Å²) >= 11 is 2.84. The van der Waals surface area contributed by atoms with Gasteiger partial charge in [0.2, 0.25) is 0 Å². The highest BCUT2D eigenvalue weighted by molar-refractivity contribution is 7.99. The van der Waals surface area contributed by atoms with E-state index in [1.165, 1.54) is 11.8 Å². The largest absolute Gasteiger partial charge is 0.508 e. The smallest absolute Gasteiger partial charge is 0.263 e. The van der Waals surface area contributed by atoms with Crippen LogP contribution in [0, 0.1) is 0 Å². The van der Waals surface area contributed by atoms with E-state index in [2.05, 4.69) is 21.8 Å². The quantitative estimate of drug-likeness (QED) is 0.326. The van der Waals surface area contributed by atoms with Crippen LogP contribution in [0.1, 0.15) is 0 Å². The Morgan fingerprint density at radius 1 is 1.12 bits per heavy atom. The number of nitrogens with one attached hydrogen (secondary N) is 1. The van der Waals surface area contributed by atoms with E-state index in [9.17, 15) is 9.90 Å². The summed E-state index contributed by atoms with van der Waals surface area (Å²) in [6.07, 6.45) is 1.78. The highest BCUT2D eigenvalue weighted by Crippen LogP contribution is 2.39. The van der Waals surface area contributed by atoms with Crippen LogP contribution in [0.4, 0.5) is 0 Å². The fourth-order valence-electron chi connectivity index (χ4n) is 3.59. The summed E-state index contributed by atoms with van der Waals surface area (Å²) in [5.41, 5.74) is 2.06. The lowest BCUT2D eigenvalue weighted by Gasteiger charge is -2.13. The Balaban J connectivity index is 1.73. The maximum absolute atomic E-state index is 13.2. The molecule has 0 spiro atoms. The van der Waals surface area contributed by atoms with Crippen LogP contribution in [-0.4, -0.2) is 24.9 Å². The Hall–Kier alpha value is -3.62. The zero-order valence-electron chi connectivity index (χ0n) is 16.9. The third-order valence-corrected chi connectivity index (χ3v) is 6.92. The zero-order valence-corrected chi connectivity index (χ0v) is 18.5. The van der Waals surface area contributed by atoms with Crippen LogP contribution >= 0.6 is 23.1 Å². The molecule has 5 aromatic rings. The highest BCUT2D eigenvalue weighted by Gasteiger charge is 2.21. The molecule has 0 amide bonds. The van der Waals surface area contributed by atoms with Crippen molar-refractivity contribution in [1.29, 1.82) is 0 Å². The molecule has 0 fully saturated rings. The molecule has 0 aliphatic carbocycles. The maximum atomic E-state index is 13.2. The summed E-state index contributed by atoms with van der Waals surface area (Å²) < 4.78 is 1.95. The van der Waals surface area contributed by atoms with Crippen molar-refractivity contribution >= 4 is 34.0 Å². The lowest BCUT2D eigenvalue weighted by Crippen LogP contribution is -2.11. The molecule has 0 saturated heterocycles. The number of aromatic hydroxyl groups is 1. The van der Waals surface area contributed by atoms with Gasteiger partial charge in [0, 0.05) is 23.0 Å². The average Bonchev–Trinajstić information content (AvgIpc) is 3.46. The normalized spacial score (nSPS) is 11.1. The summed E-state index contributed by atoms with van der Waals surface area (Å²) in [7, 11) is 0. The molecule has 0 aliphatic heterocycles. The molecule has 158 valence electrons. The lowest BCUT2D eigenvalue weighted by atomic mass is 10.0. The molecule has 0 saturated carbocycles. The van der Waals surface area contributed by atoms with Crippen molar-refractivity contribution in [1.82, 2.24) is 19.7 Å². The fraction of sp³-hybridized carbons (Fsp3) is 0.0417. The van der Waals surface area contributed by atoms with Gasteiger partial charge in [0.05, 0.1) is 9.77 Å². The molecule has 0 unspecified atom stereocenters. The Morgan fingerprint density at radius 3 is 2.72 bits per heavy atom. The molecule has 3 heterocycles. The molecule has 5 rings (SSSR count). The first-order valence-electron chi connectivity index (χ1n) is 9.86. The number of pyridine rings is 1. The number of H-pyrrole nitrogens is 1. The Labute approximate surface area is 191 Å². The number of allylic oxidation sites excluding steroid dienone is 1. The standard InChI is InChI=1S/C24H18N4O2S2/c1-2-12-28-22(19-9-6-13-31-19)26-27-24(28)32-21-20(15-7-4-3-5-8-15)17-14-16(29)10-11-18(17)25-23(21)30/h2-11,13-14,29H,1,12H2,(H,25,30). The number of aromatic nitrogens is 4. The van der Waals surface area contributed by atoms with E-state index in [0.29, 0.717) is 22.1 Å². The monoisotopic (exact) mass is 458 g/mol. The van der Waals surface area contributed by atoms with Crippen molar-refractivity contribution in [3.8, 4) is 27.6 Å². The second kappa shape index (κ2) is 8.49. The summed E-state index contributed by atoms with van der Waals surface area (Å²) in [6, 6.07) is 18.6. The van der Waals surface area contributed by atoms with Crippen LogP contribution < -0.4 is 5.56 Å². The lowest BCUT2D eigenvalue weighted by molar-refractivity contribution is 0.476. The molecule has 0 bridgehead atoms. The molecule has 6 nitrogen and oxygen atoms in total. The first-order chi connectivity index (χ1) is 15.7. The van der Waals surface area contributed by atoms with Crippen molar-refractivity contribution in [3.63, 3.8) is 0 Å². The second-order valence-electron chi connectivity index (χ2n) is 7.04. The van der Waals surface area contributed by atoms with Crippen molar-refractivity contribution in [2.45, 2.75) is 16.6 Å². The van der Waals surface area contributed by atoms with E-state index in [1.54, 1.807) is 35.6 Å². The SMILES string of the molecule is C=CCn1c(Sc2c(-c3ccccc3)c3cc(O)ccc3[nH]c2=O)nnc1-c1cccs1. The summed E-state index contributed by atoms with van der Waals surface area (Å²) in [4.78, 5) is 17.6. The van der Waals surface area contributed by atoms with Gasteiger partial charge in [-0.05, 0) is 47.0 Å². The number of benzene rings is 2. The number of fused-ring (bicyclic) bond motifs is 1. The second-order valence-corrected chi connectivity index (χ2v) is 8.96. The van der Waals surface area contributed by atoms with Crippen molar-refractivity contribution in [2.24, 2.45) is 0 Å². The van der Waals surface area contributed by atoms with Crippen LogP contribution in [0.25, 0.3) is 32.7 Å². The molecule has 3 aromatic heterocycles. The summed E-state index contributed by atoms with van der Waals surface area (Å²) in [6.45, 7) is 4.37. The van der Waals surface area contributed by atoms with Crippen LogP contribution in [0.3, 0.4) is 0 Å². The first kappa shape index (κ1) is 20.3. The Bertz CT molecular complexity index is 1470. The van der Waals surface area contributed by atoms with Gasteiger partial charge in [0.15, 0.2) is 11.0 Å². The van der Waals surface area contributed by atoms with E-state index in [4.69, 9.17) is 0 Å². The third kappa shape index (κ3) is 3.63. The highest BCUT2D eigenvalue weighted by atomic mass is 32.2. The van der Waals surface area contributed by atoms with Crippen LogP contribution in [0.5, 0.6) is 5.75 Å². The minimum atomic E-state index is -0.224. The van der Waals surface area contributed by atoms with Gasteiger partial charge in [0.1, 0.15) is 5.75 Å². The zero-order chi connectivity index (χ0) is 22.1. The molecular formula is C24H18N4O2S2. The molecule has 0 atom stereocenters. The first-order valence-corrected chi connectivity index (χ1v) is 11.6. The van der Waals surface area contributed by atoms with Crippen LogP contribution in [0.15, 0.2) is 93.5 Å². The number of phenolic OH excluding ortho intramolecular Hbond substituents is 1. The van der Waals surface area contributed by atoms with E-state index >= 15 is 0 Å².